The second-order valence-electron chi connectivity index (χ2n) is 29.9. The van der Waals surface area contributed by atoms with Gasteiger partial charge in [-0.25, -0.2) is 0 Å². The number of esters is 4. The zero-order chi connectivity index (χ0) is 141. The first-order valence-corrected chi connectivity index (χ1v) is 38.5. The topological polar surface area (TPSA) is 296 Å². The van der Waals surface area contributed by atoms with Crippen molar-refractivity contribution >= 4 is 23.9 Å². The lowest BCUT2D eigenvalue weighted by Crippen LogP contribution is -2.51. The molecule has 4 saturated heterocycles. The molecule has 24 nitrogen and oxygen atoms in total. The summed E-state index contributed by atoms with van der Waals surface area (Å²) in [7, 11) is 0.658. The minimum Gasteiger partial charge on any atom is -0.493 e. The van der Waals surface area contributed by atoms with E-state index in [4.69, 9.17) is 132 Å². The summed E-state index contributed by atoms with van der Waals surface area (Å²) < 4.78 is 582. The molecule has 0 bridgehead atoms. The Morgan fingerprint density at radius 3 is 0.842 bits per heavy atom. The zero-order valence-electron chi connectivity index (χ0n) is 130. The quantitative estimate of drug-likeness (QED) is 0.0303. The summed E-state index contributed by atoms with van der Waals surface area (Å²) in [6.45, 7) is -15.7. The van der Waals surface area contributed by atoms with Crippen LogP contribution in [0.5, 0.6) is 46.0 Å². The average molecular weight is 1730 g/mol. The molecule has 20 atom stereocenters. The van der Waals surface area contributed by atoms with Crippen LogP contribution in [0.3, 0.4) is 0 Å². The molecule has 0 radical (unpaired) electrons. The van der Waals surface area contributed by atoms with Gasteiger partial charge < -0.3 is 79.8 Å². The lowest BCUT2D eigenvalue weighted by atomic mass is 9.79. The third-order valence-electron chi connectivity index (χ3n) is 19.6. The van der Waals surface area contributed by atoms with Gasteiger partial charge in [-0.05, 0) is 191 Å². The summed E-state index contributed by atoms with van der Waals surface area (Å²) in [6, 6.07) is -18.6. The molecular formula is C96H152N8O16. The molecule has 0 aromatic heterocycles. The molecule has 16 unspecified atom stereocenters. The Morgan fingerprint density at radius 2 is 0.600 bits per heavy atom. The van der Waals surface area contributed by atoms with Crippen molar-refractivity contribution in [3.63, 3.8) is 0 Å². The molecule has 4 fully saturated rings. The third kappa shape index (κ3) is 23.8. The third-order valence-corrected chi connectivity index (χ3v) is 19.6. The van der Waals surface area contributed by atoms with Crippen molar-refractivity contribution < 1.29 is 158 Å². The van der Waals surface area contributed by atoms with Crippen molar-refractivity contribution in [2.24, 2.45) is 93.8 Å². The maximum atomic E-state index is 13.3. The number of benzene rings is 4. The highest BCUT2D eigenvalue weighted by Gasteiger charge is 2.47. The molecular weight excluding hydrogens is 1520 g/mol. The van der Waals surface area contributed by atoms with Gasteiger partial charge in [-0.15, -0.1) is 0 Å². The summed E-state index contributed by atoms with van der Waals surface area (Å²) in [5.41, 5.74) is 22.0. The van der Waals surface area contributed by atoms with Crippen molar-refractivity contribution in [1.82, 2.24) is 19.6 Å². The highest BCUT2D eigenvalue weighted by molar-refractivity contribution is 5.77. The Labute approximate surface area is 803 Å². The number of rotatable bonds is 28. The molecule has 12 rings (SSSR count). The molecule has 0 aliphatic carbocycles. The molecule has 8 aliphatic rings. The summed E-state index contributed by atoms with van der Waals surface area (Å²) in [5.74, 6) is -40.3. The fourth-order valence-electron chi connectivity index (χ4n) is 12.9. The number of hydrogen-bond acceptors (Lipinski definition) is 24. The van der Waals surface area contributed by atoms with Crippen LogP contribution >= 0.6 is 0 Å². The van der Waals surface area contributed by atoms with Gasteiger partial charge in [0, 0.05) is 186 Å². The second-order valence-corrected chi connectivity index (χ2v) is 29.9. The molecule has 24 heteroatoms. The number of nitrogens with two attached hydrogens (primary N) is 4. The summed E-state index contributed by atoms with van der Waals surface area (Å²) in [5, 5.41) is 0. The van der Waals surface area contributed by atoms with Crippen molar-refractivity contribution in [2.75, 3.05) is 109 Å². The van der Waals surface area contributed by atoms with Gasteiger partial charge in [0.1, 0.15) is 48.5 Å². The van der Waals surface area contributed by atoms with Crippen LogP contribution in [-0.4, -0.2) is 201 Å². The largest absolute Gasteiger partial charge is 0.493 e. The molecule has 4 aromatic rings. The minimum absolute atomic E-state index is 0.0226. The first-order valence-electron chi connectivity index (χ1n) is 68.5. The lowest BCUT2D eigenvalue weighted by Gasteiger charge is -2.47. The van der Waals surface area contributed by atoms with Crippen molar-refractivity contribution in [3.05, 3.63) is 92.8 Å². The number of nitrogens with zero attached hydrogens (tertiary/aromatic N) is 4. The van der Waals surface area contributed by atoms with E-state index in [9.17, 15) is 49.3 Å². The molecule has 0 saturated carbocycles. The molecule has 4 aromatic carbocycles. The van der Waals surface area contributed by atoms with Crippen molar-refractivity contribution in [2.45, 2.75) is 260 Å². The van der Waals surface area contributed by atoms with Crippen LogP contribution in [0.25, 0.3) is 0 Å². The van der Waals surface area contributed by atoms with E-state index in [0.29, 0.717) is 42.4 Å². The Balaban J connectivity index is 0.000000262. The number of carbonyl (C=O) groups is 4. The van der Waals surface area contributed by atoms with Crippen LogP contribution in [0, 0.1) is 70.8 Å². The number of piperidine rings is 4. The molecule has 120 heavy (non-hydrogen) atoms. The average Bonchev–Trinajstić information content (AvgIpc) is 0.648. The Hall–Kier alpha value is -7.16. The molecule has 8 N–H and O–H groups in total. The van der Waals surface area contributed by atoms with E-state index in [1.165, 1.54) is 62.9 Å². The Morgan fingerprint density at radius 1 is 0.375 bits per heavy atom. The number of hydrogen-bond donors (Lipinski definition) is 4. The standard InChI is InChI=1S/4C24H38N2O4/c4*1-14(2)9-17-13-26-8-7-16-10-21(28-5)22(29-6)11-18(16)19(26)12-20(17)30-24(27)23(25)15(3)4/h4*10-11,14-15,17,19-20,23H,7-9,12-13,25H2,1-6H3/t4*17?,19?,20?,23-/m0000/s1/i1D3,5D3,9D2,10D,11D,12D2,13D2,14D,17D,20D;1D3,9D2,10D,11D,12D2,13D2,14D,17D,20D;1D3,5D3,9D2,10D,11D,12D2,13D2,14D,17D;1D3,9D2,10D,11D,12D2,13D2,14D,17D/t4*14?,17?,19?,20?,23-. The van der Waals surface area contributed by atoms with Gasteiger partial charge in [-0.1, -0.05) is 110 Å². The van der Waals surface area contributed by atoms with Crippen LogP contribution in [0.4, 0.5) is 0 Å². The fourth-order valence-corrected chi connectivity index (χ4v) is 12.9. The number of carbonyl (C=O) groups excluding carboxylic acids is 4. The van der Waals surface area contributed by atoms with Crippen LogP contribution in [0.1, 0.15) is 312 Å². The van der Waals surface area contributed by atoms with Crippen molar-refractivity contribution in [1.29, 1.82) is 0 Å². The van der Waals surface area contributed by atoms with Gasteiger partial charge in [0.25, 0.3) is 0 Å². The van der Waals surface area contributed by atoms with Gasteiger partial charge in [-0.3, -0.25) is 38.8 Å². The molecule has 672 valence electrons. The lowest BCUT2D eigenvalue weighted by molar-refractivity contribution is -0.161. The van der Waals surface area contributed by atoms with Gasteiger partial charge in [-0.2, -0.15) is 0 Å². The van der Waals surface area contributed by atoms with Gasteiger partial charge >= 0.3 is 23.9 Å². The monoisotopic (exact) mass is 1730 g/mol. The highest BCUT2D eigenvalue weighted by atomic mass is 16.6. The zero-order valence-corrected chi connectivity index (χ0v) is 70.4. The first-order chi connectivity index (χ1) is 80.3. The molecule has 8 aliphatic heterocycles. The highest BCUT2D eigenvalue weighted by Crippen LogP contribution is 2.50. The van der Waals surface area contributed by atoms with Gasteiger partial charge in [0.05, 0.1) is 78.7 Å². The normalized spacial score (nSPS) is 42.3. The number of fused-ring (bicyclic) bond motifs is 12. The summed E-state index contributed by atoms with van der Waals surface area (Å²) in [6.07, 6.45) is -43.6. The maximum absolute atomic E-state index is 13.3. The SMILES string of the molecule is [2H]c1c2c(c([2H])c(OC)c1OC([2H])([2H])[2H])C1N(CC2)C([2H])([2H])C([2H])(C([2H])([2H])C([2H])(C)C([2H])([2H])[2H])C(OC(=O)[C@@H](N)C(C)C)C1([2H])[2H].[2H]c1c2c(c([2H])c(OC)c1OC([2H])([2H])[2H])C1N(CC2)C([2H])([2H])C([2H])(C([2H])([2H])C([2H])(C)C([2H])([2H])[2H])C([2H])(OC(=O)[C@@H](N)C(C)C)C1([2H])[2H].[2H]c1c2c(c([2H])c(OC)c1OC)C1N(CC2)C([2H])([2H])C([2H])(C([2H])([2H])C([2H])(C)C([2H])([2H])[2H])C(OC(=O)[C@@H](N)C(C)C)C1([2H])[2H].[2H]c1c2c(c([2H])c(OC)c1OC)C1N(CC2)C([2H])([2H])C([2H])(C([2H])([2H])C([2H])(C)C([2H])([2H])[2H])C([2H])(OC(=O)[C@@H](N)C(C)C)C1([2H])[2H]. The number of ether oxygens (including phenoxy) is 12. The van der Waals surface area contributed by atoms with E-state index < -0.39 is 389 Å². The molecule has 0 amide bonds. The summed E-state index contributed by atoms with van der Waals surface area (Å²) in [4.78, 5) is 55.8. The first kappa shape index (κ1) is 43.2. The predicted octanol–water partition coefficient (Wildman–Crippen LogP) is 14.3. The summed E-state index contributed by atoms with van der Waals surface area (Å²) >= 11 is 0. The van der Waals surface area contributed by atoms with Crippen LogP contribution in [-0.2, 0) is 63.8 Å². The predicted molar refractivity (Wildman–Crippen MR) is 471 cm³/mol. The van der Waals surface area contributed by atoms with Crippen LogP contribution in [0.2, 0.25) is 0 Å². The number of methoxy groups -OCH3 is 8. The van der Waals surface area contributed by atoms with Crippen molar-refractivity contribution in [3.8, 4) is 46.0 Å². The van der Waals surface area contributed by atoms with E-state index in [1.54, 1.807) is 13.8 Å². The Bertz CT molecular complexity index is 6970. The minimum atomic E-state index is -4.07. The Kier molecular flexibility index (Phi) is 15.8. The van der Waals surface area contributed by atoms with Crippen LogP contribution in [0.15, 0.2) is 48.3 Å². The van der Waals surface area contributed by atoms with Crippen LogP contribution < -0.4 is 60.8 Å². The fraction of sp³-hybridized carbons (Fsp3) is 0.708. The van der Waals surface area contributed by atoms with E-state index in [2.05, 4.69) is 0 Å². The van der Waals surface area contributed by atoms with Gasteiger partial charge in [0.15, 0.2) is 46.0 Å². The van der Waals surface area contributed by atoms with Gasteiger partial charge in [0.2, 0.25) is 0 Å². The maximum Gasteiger partial charge on any atom is 0.323 e. The van der Waals surface area contributed by atoms with E-state index in [0.717, 1.165) is 26.2 Å². The van der Waals surface area contributed by atoms with E-state index >= 15 is 0 Å². The van der Waals surface area contributed by atoms with E-state index in [1.807, 2.05) is 0 Å². The van der Waals surface area contributed by atoms with E-state index in [-0.39, 0.29) is 87.7 Å². The molecule has 8 heterocycles. The smallest absolute Gasteiger partial charge is 0.323 e. The molecule has 0 spiro atoms. The second kappa shape index (κ2) is 43.9.